The van der Waals surface area contributed by atoms with E-state index in [0.717, 1.165) is 17.0 Å². The van der Waals surface area contributed by atoms with Crippen molar-refractivity contribution in [3.8, 4) is 33.3 Å². The SMILES string of the molecule is CCCCCCc1ccc(-c2cccc(-c3cc(C(=O)O)cc(-c4cc(C(=O)O)ccn4)n3)n2)s1. The highest BCUT2D eigenvalue weighted by atomic mass is 32.1. The Labute approximate surface area is 207 Å². The third kappa shape index (κ3) is 5.96. The van der Waals surface area contributed by atoms with Gasteiger partial charge < -0.3 is 10.2 Å². The van der Waals surface area contributed by atoms with Gasteiger partial charge in [-0.2, -0.15) is 0 Å². The summed E-state index contributed by atoms with van der Waals surface area (Å²) in [5.41, 5.74) is 2.30. The lowest BCUT2D eigenvalue weighted by atomic mass is 10.1. The van der Waals surface area contributed by atoms with Crippen LogP contribution >= 0.6 is 11.3 Å². The molecule has 0 atom stereocenters. The van der Waals surface area contributed by atoms with Gasteiger partial charge in [-0.1, -0.05) is 32.3 Å². The van der Waals surface area contributed by atoms with Gasteiger partial charge in [0.15, 0.2) is 0 Å². The van der Waals surface area contributed by atoms with Gasteiger partial charge >= 0.3 is 11.9 Å². The minimum atomic E-state index is -1.12. The van der Waals surface area contributed by atoms with Gasteiger partial charge in [-0.25, -0.2) is 19.6 Å². The van der Waals surface area contributed by atoms with Crippen molar-refractivity contribution in [2.45, 2.75) is 39.0 Å². The van der Waals surface area contributed by atoms with Gasteiger partial charge in [-0.15, -0.1) is 11.3 Å². The molecule has 2 N–H and O–H groups in total. The van der Waals surface area contributed by atoms with E-state index >= 15 is 0 Å². The zero-order valence-electron chi connectivity index (χ0n) is 19.3. The van der Waals surface area contributed by atoms with Crippen molar-refractivity contribution in [2.24, 2.45) is 0 Å². The van der Waals surface area contributed by atoms with Gasteiger partial charge in [0.05, 0.1) is 44.5 Å². The molecular formula is C27H25N3O4S. The Bertz CT molecular complexity index is 1370. The summed E-state index contributed by atoms with van der Waals surface area (Å²) in [6.45, 7) is 2.20. The summed E-state index contributed by atoms with van der Waals surface area (Å²) in [6, 6.07) is 15.4. The van der Waals surface area contributed by atoms with Crippen molar-refractivity contribution in [3.63, 3.8) is 0 Å². The van der Waals surface area contributed by atoms with E-state index in [9.17, 15) is 19.8 Å². The quantitative estimate of drug-likeness (QED) is 0.247. The zero-order chi connectivity index (χ0) is 24.8. The maximum absolute atomic E-state index is 11.8. The van der Waals surface area contributed by atoms with Crippen LogP contribution in [-0.2, 0) is 6.42 Å². The van der Waals surface area contributed by atoms with Gasteiger partial charge in [-0.3, -0.25) is 4.98 Å². The number of nitrogens with zero attached hydrogens (tertiary/aromatic N) is 3. The smallest absolute Gasteiger partial charge is 0.335 e. The summed E-state index contributed by atoms with van der Waals surface area (Å²) in [4.78, 5) is 39.1. The zero-order valence-corrected chi connectivity index (χ0v) is 20.1. The first-order valence-corrected chi connectivity index (χ1v) is 12.3. The number of pyridine rings is 3. The average Bonchev–Trinajstić information content (AvgIpc) is 3.35. The summed E-state index contributed by atoms with van der Waals surface area (Å²) in [7, 11) is 0. The van der Waals surface area contributed by atoms with Gasteiger partial charge in [0.1, 0.15) is 0 Å². The van der Waals surface area contributed by atoms with E-state index in [-0.39, 0.29) is 22.5 Å². The van der Waals surface area contributed by atoms with Crippen LogP contribution in [0.15, 0.2) is 60.8 Å². The number of aromatic carboxylic acids is 2. The number of hydrogen-bond donors (Lipinski definition) is 2. The van der Waals surface area contributed by atoms with Crippen LogP contribution in [0.1, 0.15) is 58.2 Å². The van der Waals surface area contributed by atoms with Crippen LogP contribution in [0.3, 0.4) is 0 Å². The number of carbonyl (C=O) groups is 2. The Morgan fingerprint density at radius 3 is 2.20 bits per heavy atom. The Morgan fingerprint density at radius 2 is 1.46 bits per heavy atom. The van der Waals surface area contributed by atoms with Gasteiger partial charge in [0.2, 0.25) is 0 Å². The average molecular weight is 488 g/mol. The molecule has 0 radical (unpaired) electrons. The van der Waals surface area contributed by atoms with Crippen molar-refractivity contribution < 1.29 is 19.8 Å². The predicted molar refractivity (Wildman–Crippen MR) is 136 cm³/mol. The van der Waals surface area contributed by atoms with E-state index in [1.165, 1.54) is 61.0 Å². The second-order valence-corrected chi connectivity index (χ2v) is 9.32. The molecule has 4 aromatic rings. The molecule has 4 heterocycles. The fourth-order valence-electron chi connectivity index (χ4n) is 3.71. The lowest BCUT2D eigenvalue weighted by Gasteiger charge is -2.08. The fraction of sp³-hybridized carbons (Fsp3) is 0.222. The van der Waals surface area contributed by atoms with Crippen LogP contribution in [0, 0.1) is 0 Å². The van der Waals surface area contributed by atoms with E-state index in [0.29, 0.717) is 11.4 Å². The Morgan fingerprint density at radius 1 is 0.771 bits per heavy atom. The summed E-state index contributed by atoms with van der Waals surface area (Å²) >= 11 is 1.72. The van der Waals surface area contributed by atoms with Crippen molar-refractivity contribution in [1.82, 2.24) is 15.0 Å². The molecule has 0 amide bonds. The van der Waals surface area contributed by atoms with Gasteiger partial charge in [0.25, 0.3) is 0 Å². The third-order valence-corrected chi connectivity index (χ3v) is 6.71. The molecule has 4 rings (SSSR count). The molecule has 0 spiro atoms. The van der Waals surface area contributed by atoms with Crippen molar-refractivity contribution in [1.29, 1.82) is 0 Å². The second kappa shape index (κ2) is 11.0. The number of aromatic nitrogens is 3. The summed E-state index contributed by atoms with van der Waals surface area (Å²) in [5, 5.41) is 18.9. The molecule has 0 aliphatic rings. The molecule has 35 heavy (non-hydrogen) atoms. The van der Waals surface area contributed by atoms with Crippen molar-refractivity contribution in [2.75, 3.05) is 0 Å². The standard InChI is InChI=1S/C27H25N3O4S/c1-2-3-4-5-7-19-10-11-25(35-19)21-9-6-8-20(29-21)23-15-18(27(33)34)16-24(30-23)22-14-17(26(31)32)12-13-28-22/h6,8-16H,2-5,7H2,1H3,(H,31,32)(H,33,34). The first-order chi connectivity index (χ1) is 16.9. The summed E-state index contributed by atoms with van der Waals surface area (Å²) in [6.07, 6.45) is 7.29. The Balaban J connectivity index is 1.67. The molecule has 0 aliphatic carbocycles. The highest BCUT2D eigenvalue weighted by molar-refractivity contribution is 7.15. The van der Waals surface area contributed by atoms with E-state index in [2.05, 4.69) is 29.0 Å². The normalized spacial score (nSPS) is 10.9. The number of carboxylic acid groups (broad SMARTS) is 2. The number of carboxylic acids is 2. The van der Waals surface area contributed by atoms with E-state index < -0.39 is 11.9 Å². The first-order valence-electron chi connectivity index (χ1n) is 11.5. The number of aryl methyl sites for hydroxylation is 1. The topological polar surface area (TPSA) is 113 Å². The summed E-state index contributed by atoms with van der Waals surface area (Å²) < 4.78 is 0. The minimum absolute atomic E-state index is 0.0187. The predicted octanol–water partition coefficient (Wildman–Crippen LogP) is 6.45. The molecule has 178 valence electrons. The highest BCUT2D eigenvalue weighted by Crippen LogP contribution is 2.30. The Kier molecular flexibility index (Phi) is 7.62. The number of thiophene rings is 1. The molecule has 0 fully saturated rings. The highest BCUT2D eigenvalue weighted by Gasteiger charge is 2.15. The largest absolute Gasteiger partial charge is 0.478 e. The first kappa shape index (κ1) is 24.2. The third-order valence-electron chi connectivity index (χ3n) is 5.54. The molecule has 0 aromatic carbocycles. The molecule has 0 saturated carbocycles. The second-order valence-electron chi connectivity index (χ2n) is 8.15. The van der Waals surface area contributed by atoms with Crippen LogP contribution in [-0.4, -0.2) is 37.1 Å². The molecule has 7 nitrogen and oxygen atoms in total. The van der Waals surface area contributed by atoms with Crippen LogP contribution < -0.4 is 0 Å². The fourth-order valence-corrected chi connectivity index (χ4v) is 4.73. The Hall–Kier alpha value is -3.91. The maximum atomic E-state index is 11.8. The van der Waals surface area contributed by atoms with Gasteiger partial charge in [0, 0.05) is 11.1 Å². The lowest BCUT2D eigenvalue weighted by molar-refractivity contribution is 0.0686. The van der Waals surface area contributed by atoms with Crippen LogP contribution in [0.2, 0.25) is 0 Å². The van der Waals surface area contributed by atoms with Crippen LogP contribution in [0.5, 0.6) is 0 Å². The molecule has 0 aliphatic heterocycles. The van der Waals surface area contributed by atoms with E-state index in [4.69, 9.17) is 4.98 Å². The molecule has 0 saturated heterocycles. The van der Waals surface area contributed by atoms with Gasteiger partial charge in [-0.05, 0) is 61.4 Å². The van der Waals surface area contributed by atoms with Crippen LogP contribution in [0.4, 0.5) is 0 Å². The monoisotopic (exact) mass is 487 g/mol. The summed E-state index contributed by atoms with van der Waals surface area (Å²) in [5.74, 6) is -2.22. The molecule has 0 unspecified atom stereocenters. The van der Waals surface area contributed by atoms with Crippen molar-refractivity contribution >= 4 is 23.3 Å². The molecule has 8 heteroatoms. The minimum Gasteiger partial charge on any atom is -0.478 e. The lowest BCUT2D eigenvalue weighted by Crippen LogP contribution is -2.02. The number of unbranched alkanes of at least 4 members (excludes halogenated alkanes) is 3. The maximum Gasteiger partial charge on any atom is 0.335 e. The van der Waals surface area contributed by atoms with Crippen LogP contribution in [0.25, 0.3) is 33.3 Å². The molecule has 4 aromatic heterocycles. The molecular weight excluding hydrogens is 462 g/mol. The number of rotatable bonds is 10. The molecule has 0 bridgehead atoms. The van der Waals surface area contributed by atoms with E-state index in [1.54, 1.807) is 17.4 Å². The van der Waals surface area contributed by atoms with Crippen molar-refractivity contribution in [3.05, 3.63) is 76.8 Å². The van der Waals surface area contributed by atoms with E-state index in [1.807, 2.05) is 12.1 Å². The number of hydrogen-bond acceptors (Lipinski definition) is 6.